The van der Waals surface area contributed by atoms with Gasteiger partial charge in [0.2, 0.25) is 0 Å². The summed E-state index contributed by atoms with van der Waals surface area (Å²) in [7, 11) is 0. The zero-order chi connectivity index (χ0) is 8.70. The van der Waals surface area contributed by atoms with E-state index >= 15 is 0 Å². The lowest BCUT2D eigenvalue weighted by atomic mass is 9.61. The van der Waals surface area contributed by atoms with Crippen LogP contribution in [-0.2, 0) is 0 Å². The van der Waals surface area contributed by atoms with Gasteiger partial charge in [-0.2, -0.15) is 0 Å². The second-order valence-electron chi connectivity index (χ2n) is 5.76. The maximum atomic E-state index is 2.41. The van der Waals surface area contributed by atoms with Crippen molar-refractivity contribution in [2.45, 2.75) is 53.9 Å². The Morgan fingerprint density at radius 1 is 1.00 bits per heavy atom. The van der Waals surface area contributed by atoms with Crippen LogP contribution in [0.2, 0.25) is 0 Å². The second kappa shape index (κ2) is 2.50. The minimum absolute atomic E-state index is 0.593. The highest BCUT2D eigenvalue weighted by molar-refractivity contribution is 4.87. The fourth-order valence-corrected chi connectivity index (χ4v) is 2.11. The fraction of sp³-hybridized carbons (Fsp3) is 1.00. The van der Waals surface area contributed by atoms with Gasteiger partial charge in [0.25, 0.3) is 0 Å². The Bertz CT molecular complexity index is 142. The van der Waals surface area contributed by atoms with Crippen LogP contribution in [0.5, 0.6) is 0 Å². The third kappa shape index (κ3) is 1.98. The van der Waals surface area contributed by atoms with E-state index in [2.05, 4.69) is 34.6 Å². The van der Waals surface area contributed by atoms with Crippen molar-refractivity contribution < 1.29 is 0 Å². The Hall–Kier alpha value is 0. The highest BCUT2D eigenvalue weighted by atomic mass is 14.4. The molecule has 1 aliphatic carbocycles. The molecule has 0 aromatic rings. The lowest BCUT2D eigenvalue weighted by molar-refractivity contribution is 0.0666. The maximum Gasteiger partial charge on any atom is -0.0328 e. The van der Waals surface area contributed by atoms with Crippen molar-refractivity contribution in [1.29, 1.82) is 0 Å². The summed E-state index contributed by atoms with van der Waals surface area (Å²) >= 11 is 0. The molecule has 1 saturated carbocycles. The Morgan fingerprint density at radius 2 is 1.55 bits per heavy atom. The summed E-state index contributed by atoms with van der Waals surface area (Å²) in [5.74, 6) is 0.895. The van der Waals surface area contributed by atoms with E-state index < -0.39 is 0 Å². The fourth-order valence-electron chi connectivity index (χ4n) is 2.11. The van der Waals surface area contributed by atoms with E-state index in [0.29, 0.717) is 10.8 Å². The average molecular weight is 154 g/mol. The molecule has 0 aliphatic heterocycles. The van der Waals surface area contributed by atoms with E-state index in [1.165, 1.54) is 19.3 Å². The maximum absolute atomic E-state index is 2.41. The zero-order valence-corrected chi connectivity index (χ0v) is 8.70. The molecule has 1 atom stereocenters. The molecule has 0 amide bonds. The molecular formula is C11H22. The third-order valence-electron chi connectivity index (χ3n) is 3.64. The van der Waals surface area contributed by atoms with Gasteiger partial charge in [0.05, 0.1) is 0 Å². The molecule has 0 radical (unpaired) electrons. The molecule has 0 aromatic heterocycles. The van der Waals surface area contributed by atoms with Crippen molar-refractivity contribution in [2.75, 3.05) is 0 Å². The van der Waals surface area contributed by atoms with Gasteiger partial charge in [-0.1, -0.05) is 34.6 Å². The molecule has 1 rings (SSSR count). The lowest BCUT2D eigenvalue weighted by Gasteiger charge is -2.44. The quantitative estimate of drug-likeness (QED) is 0.497. The molecule has 0 spiro atoms. The predicted octanol–water partition coefficient (Wildman–Crippen LogP) is 3.86. The first-order valence-corrected chi connectivity index (χ1v) is 4.83. The van der Waals surface area contributed by atoms with Crippen molar-refractivity contribution in [3.05, 3.63) is 0 Å². The molecule has 1 fully saturated rings. The predicted molar refractivity (Wildman–Crippen MR) is 50.6 cm³/mol. The third-order valence-corrected chi connectivity index (χ3v) is 3.64. The summed E-state index contributed by atoms with van der Waals surface area (Å²) in [6.45, 7) is 12.0. The van der Waals surface area contributed by atoms with Crippen LogP contribution in [0.3, 0.4) is 0 Å². The van der Waals surface area contributed by atoms with Gasteiger partial charge in [-0.3, -0.25) is 0 Å². The van der Waals surface area contributed by atoms with Gasteiger partial charge in [0, 0.05) is 0 Å². The van der Waals surface area contributed by atoms with E-state index in [0.717, 1.165) is 5.92 Å². The molecule has 0 heteroatoms. The molecule has 0 aromatic carbocycles. The van der Waals surface area contributed by atoms with E-state index in [-0.39, 0.29) is 0 Å². The van der Waals surface area contributed by atoms with Crippen LogP contribution in [-0.4, -0.2) is 0 Å². The minimum Gasteiger partial charge on any atom is -0.0620 e. The summed E-state index contributed by atoms with van der Waals surface area (Å²) in [4.78, 5) is 0. The molecule has 0 heterocycles. The van der Waals surface area contributed by atoms with E-state index in [1.807, 2.05) is 0 Å². The smallest absolute Gasteiger partial charge is 0.0328 e. The molecule has 0 nitrogen and oxygen atoms in total. The first kappa shape index (κ1) is 9.09. The van der Waals surface area contributed by atoms with Gasteiger partial charge in [-0.15, -0.1) is 0 Å². The molecule has 0 bridgehead atoms. The van der Waals surface area contributed by atoms with Gasteiger partial charge in [0.1, 0.15) is 0 Å². The molecule has 0 unspecified atom stereocenters. The first-order chi connectivity index (χ1) is 4.83. The van der Waals surface area contributed by atoms with E-state index in [1.54, 1.807) is 0 Å². The molecule has 11 heavy (non-hydrogen) atoms. The SMILES string of the molecule is C[C@@H]1CC(C)(C)CCC1(C)C. The number of hydrogen-bond donors (Lipinski definition) is 0. The number of hydrogen-bond acceptors (Lipinski definition) is 0. The van der Waals surface area contributed by atoms with Crippen molar-refractivity contribution in [3.8, 4) is 0 Å². The summed E-state index contributed by atoms with van der Waals surface area (Å²) < 4.78 is 0. The van der Waals surface area contributed by atoms with E-state index in [9.17, 15) is 0 Å². The van der Waals surface area contributed by atoms with Crippen LogP contribution in [0, 0.1) is 16.7 Å². The summed E-state index contributed by atoms with van der Waals surface area (Å²) in [5, 5.41) is 0. The van der Waals surface area contributed by atoms with Gasteiger partial charge in [-0.05, 0) is 36.0 Å². The van der Waals surface area contributed by atoms with Crippen LogP contribution in [0.1, 0.15) is 53.9 Å². The minimum atomic E-state index is 0.593. The highest BCUT2D eigenvalue weighted by Crippen LogP contribution is 2.47. The van der Waals surface area contributed by atoms with Gasteiger partial charge >= 0.3 is 0 Å². The van der Waals surface area contributed by atoms with Gasteiger partial charge in [0.15, 0.2) is 0 Å². The molecular weight excluding hydrogens is 132 g/mol. The Labute approximate surface area is 71.4 Å². The Morgan fingerprint density at radius 3 is 1.91 bits per heavy atom. The van der Waals surface area contributed by atoms with Crippen molar-refractivity contribution in [3.63, 3.8) is 0 Å². The molecule has 1 aliphatic rings. The largest absolute Gasteiger partial charge is 0.0620 e. The van der Waals surface area contributed by atoms with Crippen LogP contribution in [0.25, 0.3) is 0 Å². The summed E-state index contributed by atoms with van der Waals surface area (Å²) in [5.41, 5.74) is 1.20. The number of rotatable bonds is 0. The van der Waals surface area contributed by atoms with Crippen LogP contribution in [0.4, 0.5) is 0 Å². The van der Waals surface area contributed by atoms with Crippen molar-refractivity contribution >= 4 is 0 Å². The average Bonchev–Trinajstić information content (AvgIpc) is 1.81. The first-order valence-electron chi connectivity index (χ1n) is 4.83. The monoisotopic (exact) mass is 154 g/mol. The molecule has 0 saturated heterocycles. The zero-order valence-electron chi connectivity index (χ0n) is 8.70. The summed E-state index contributed by atoms with van der Waals surface area (Å²) in [6.07, 6.45) is 4.21. The molecule has 0 N–H and O–H groups in total. The van der Waals surface area contributed by atoms with Crippen molar-refractivity contribution in [2.24, 2.45) is 16.7 Å². The highest BCUT2D eigenvalue weighted by Gasteiger charge is 2.36. The second-order valence-corrected chi connectivity index (χ2v) is 5.76. The van der Waals surface area contributed by atoms with Gasteiger partial charge < -0.3 is 0 Å². The Kier molecular flexibility index (Phi) is 2.07. The van der Waals surface area contributed by atoms with E-state index in [4.69, 9.17) is 0 Å². The Balaban J connectivity index is 2.63. The standard InChI is InChI=1S/C11H22/c1-9-8-10(2,3)6-7-11(9,4)5/h9H,6-8H2,1-5H3/t9-/m1/s1. The van der Waals surface area contributed by atoms with Crippen LogP contribution >= 0.6 is 0 Å². The van der Waals surface area contributed by atoms with Crippen LogP contribution < -0.4 is 0 Å². The normalized spacial score (nSPS) is 35.2. The van der Waals surface area contributed by atoms with Crippen LogP contribution in [0.15, 0.2) is 0 Å². The summed E-state index contributed by atoms with van der Waals surface area (Å²) in [6, 6.07) is 0. The topological polar surface area (TPSA) is 0 Å². The van der Waals surface area contributed by atoms with Gasteiger partial charge in [-0.25, -0.2) is 0 Å². The molecule has 66 valence electrons. The lowest BCUT2D eigenvalue weighted by Crippen LogP contribution is -2.33. The van der Waals surface area contributed by atoms with Crippen molar-refractivity contribution in [1.82, 2.24) is 0 Å².